The molecule has 0 aliphatic heterocycles. The lowest BCUT2D eigenvalue weighted by atomic mass is 10.5. The molecule has 0 aromatic heterocycles. The van der Waals surface area contributed by atoms with Crippen LogP contribution in [0.2, 0.25) is 0 Å². The average Bonchev–Trinajstić information content (AvgIpc) is 1.65. The van der Waals surface area contributed by atoms with E-state index in [-0.39, 0.29) is 0 Å². The highest BCUT2D eigenvalue weighted by Crippen LogP contribution is 1.97. The molecular weight excluding hydrogens is 147 g/mol. The van der Waals surface area contributed by atoms with E-state index in [1.807, 2.05) is 0 Å². The summed E-state index contributed by atoms with van der Waals surface area (Å²) in [7, 11) is -3.39. The van der Waals surface area contributed by atoms with Crippen LogP contribution in [-0.4, -0.2) is 38.3 Å². The monoisotopic (exact) mass is 156 g/mol. The van der Waals surface area contributed by atoms with Gasteiger partial charge in [0.05, 0.1) is 6.61 Å². The molecule has 0 spiro atoms. The molecule has 0 fully saturated rings. The highest BCUT2D eigenvalue weighted by molar-refractivity contribution is 7.91. The fraction of sp³-hybridized carbons (Fsp3) is 1.00. The molecule has 0 heterocycles. The maximum atomic E-state index is 11.6. The zero-order valence-corrected chi connectivity index (χ0v) is 5.86. The van der Waals surface area contributed by atoms with Gasteiger partial charge in [-0.15, -0.1) is 0 Å². The molecule has 5 heteroatoms. The fourth-order valence-corrected chi connectivity index (χ4v) is 0.798. The first-order valence-corrected chi connectivity index (χ1v) is 4.33. The van der Waals surface area contributed by atoms with Crippen molar-refractivity contribution in [2.45, 2.75) is 5.25 Å². The van der Waals surface area contributed by atoms with Gasteiger partial charge in [0.15, 0.2) is 9.84 Å². The molecule has 1 N–H and O–H groups in total. The summed E-state index contributed by atoms with van der Waals surface area (Å²) in [5.74, 6) is 0. The predicted molar refractivity (Wildman–Crippen MR) is 31.7 cm³/mol. The van der Waals surface area contributed by atoms with Gasteiger partial charge in [0.25, 0.3) is 0 Å². The third kappa shape index (κ3) is 2.76. The number of halogens is 1. The highest BCUT2D eigenvalue weighted by atomic mass is 32.2. The largest absolute Gasteiger partial charge is 0.395 e. The Labute approximate surface area is 53.4 Å². The van der Waals surface area contributed by atoms with Crippen molar-refractivity contribution < 1.29 is 17.9 Å². The van der Waals surface area contributed by atoms with Gasteiger partial charge in [-0.25, -0.2) is 12.8 Å². The minimum Gasteiger partial charge on any atom is -0.395 e. The van der Waals surface area contributed by atoms with Crippen molar-refractivity contribution in [2.75, 3.05) is 19.5 Å². The van der Waals surface area contributed by atoms with Crippen molar-refractivity contribution in [3.05, 3.63) is 0 Å². The Morgan fingerprint density at radius 3 is 2.11 bits per heavy atom. The molecular formula is C4H9FO3S. The third-order valence-electron chi connectivity index (χ3n) is 0.981. The second-order valence-electron chi connectivity index (χ2n) is 1.79. The van der Waals surface area contributed by atoms with Crippen LogP contribution in [0.5, 0.6) is 0 Å². The Hall–Kier alpha value is -0.160. The fourth-order valence-electron chi connectivity index (χ4n) is 0.299. The average molecular weight is 156 g/mol. The topological polar surface area (TPSA) is 54.4 Å². The van der Waals surface area contributed by atoms with Gasteiger partial charge in [-0.3, -0.25) is 0 Å². The van der Waals surface area contributed by atoms with Gasteiger partial charge in [-0.1, -0.05) is 0 Å². The zero-order chi connectivity index (χ0) is 7.49. The molecule has 0 bridgehead atoms. The molecule has 0 aliphatic carbocycles. The molecule has 9 heavy (non-hydrogen) atoms. The standard InChI is InChI=1S/C4H9FO3S/c1-9(7,8)4(2-5)3-6/h4,6H,2-3H2,1H3/t4-/m0/s1. The van der Waals surface area contributed by atoms with E-state index in [4.69, 9.17) is 5.11 Å². The summed E-state index contributed by atoms with van der Waals surface area (Å²) in [6.45, 7) is -1.66. The maximum absolute atomic E-state index is 11.6. The molecule has 0 saturated heterocycles. The van der Waals surface area contributed by atoms with Crippen molar-refractivity contribution in [1.29, 1.82) is 0 Å². The lowest BCUT2D eigenvalue weighted by molar-refractivity contribution is 0.271. The molecule has 0 amide bonds. The normalized spacial score (nSPS) is 15.4. The van der Waals surface area contributed by atoms with E-state index in [2.05, 4.69) is 0 Å². The maximum Gasteiger partial charge on any atom is 0.155 e. The third-order valence-corrected chi connectivity index (χ3v) is 2.47. The first kappa shape index (κ1) is 8.84. The summed E-state index contributed by atoms with van der Waals surface area (Å²) in [4.78, 5) is 0. The molecule has 0 aromatic carbocycles. The lowest BCUT2D eigenvalue weighted by Crippen LogP contribution is -2.25. The van der Waals surface area contributed by atoms with Crippen LogP contribution in [0, 0.1) is 0 Å². The van der Waals surface area contributed by atoms with Gasteiger partial charge in [-0.2, -0.15) is 0 Å². The van der Waals surface area contributed by atoms with E-state index in [9.17, 15) is 12.8 Å². The van der Waals surface area contributed by atoms with Crippen molar-refractivity contribution in [3.8, 4) is 0 Å². The molecule has 56 valence electrons. The van der Waals surface area contributed by atoms with E-state index in [0.29, 0.717) is 0 Å². The quantitative estimate of drug-likeness (QED) is 0.591. The van der Waals surface area contributed by atoms with Gasteiger partial charge >= 0.3 is 0 Å². The van der Waals surface area contributed by atoms with Crippen LogP contribution in [-0.2, 0) is 9.84 Å². The van der Waals surface area contributed by atoms with Crippen molar-refractivity contribution in [2.24, 2.45) is 0 Å². The van der Waals surface area contributed by atoms with Gasteiger partial charge < -0.3 is 5.11 Å². The van der Waals surface area contributed by atoms with Crippen molar-refractivity contribution >= 4 is 9.84 Å². The summed E-state index contributed by atoms with van der Waals surface area (Å²) in [5.41, 5.74) is 0. The second-order valence-corrected chi connectivity index (χ2v) is 4.11. The van der Waals surface area contributed by atoms with Crippen LogP contribution in [0.25, 0.3) is 0 Å². The van der Waals surface area contributed by atoms with Crippen LogP contribution in [0.4, 0.5) is 4.39 Å². The molecule has 3 nitrogen and oxygen atoms in total. The summed E-state index contributed by atoms with van der Waals surface area (Å²) in [6, 6.07) is 0. The number of hydrogen-bond acceptors (Lipinski definition) is 3. The molecule has 0 aliphatic rings. The van der Waals surface area contributed by atoms with Crippen molar-refractivity contribution in [3.63, 3.8) is 0 Å². The van der Waals surface area contributed by atoms with Gasteiger partial charge in [-0.05, 0) is 0 Å². The Balaban J connectivity index is 4.14. The molecule has 0 rings (SSSR count). The van der Waals surface area contributed by atoms with Gasteiger partial charge in [0, 0.05) is 6.26 Å². The van der Waals surface area contributed by atoms with Crippen LogP contribution < -0.4 is 0 Å². The molecule has 0 unspecified atom stereocenters. The number of aliphatic hydroxyl groups excluding tert-OH is 1. The molecule has 0 saturated carbocycles. The Morgan fingerprint density at radius 2 is 2.11 bits per heavy atom. The summed E-state index contributed by atoms with van der Waals surface area (Å²) in [5, 5.41) is 7.00. The summed E-state index contributed by atoms with van der Waals surface area (Å²) in [6.07, 6.45) is 0.896. The first-order valence-electron chi connectivity index (χ1n) is 2.38. The van der Waals surface area contributed by atoms with E-state index < -0.39 is 28.4 Å². The van der Waals surface area contributed by atoms with E-state index >= 15 is 0 Å². The predicted octanol–water partition coefficient (Wildman–Crippen LogP) is -0.639. The summed E-state index contributed by atoms with van der Waals surface area (Å²) < 4.78 is 32.4. The molecule has 1 atom stereocenters. The summed E-state index contributed by atoms with van der Waals surface area (Å²) >= 11 is 0. The highest BCUT2D eigenvalue weighted by Gasteiger charge is 2.18. The number of alkyl halides is 1. The van der Waals surface area contributed by atoms with E-state index in [0.717, 1.165) is 6.26 Å². The Kier molecular flexibility index (Phi) is 3.07. The molecule has 0 radical (unpaired) electrons. The number of rotatable bonds is 3. The van der Waals surface area contributed by atoms with Gasteiger partial charge in [0.2, 0.25) is 0 Å². The lowest BCUT2D eigenvalue weighted by Gasteiger charge is -2.04. The minimum absolute atomic E-state index is 0.644. The van der Waals surface area contributed by atoms with Crippen LogP contribution in [0.15, 0.2) is 0 Å². The van der Waals surface area contributed by atoms with Crippen LogP contribution in [0.3, 0.4) is 0 Å². The van der Waals surface area contributed by atoms with E-state index in [1.165, 1.54) is 0 Å². The smallest absolute Gasteiger partial charge is 0.155 e. The Bertz CT molecular complexity index is 159. The second kappa shape index (κ2) is 3.12. The molecule has 0 aromatic rings. The SMILES string of the molecule is CS(=O)(=O)[C@H](CO)CF. The van der Waals surface area contributed by atoms with E-state index in [1.54, 1.807) is 0 Å². The minimum atomic E-state index is -3.39. The Morgan fingerprint density at radius 1 is 1.67 bits per heavy atom. The zero-order valence-electron chi connectivity index (χ0n) is 5.04. The number of sulfone groups is 1. The van der Waals surface area contributed by atoms with Crippen molar-refractivity contribution in [1.82, 2.24) is 0 Å². The van der Waals surface area contributed by atoms with Crippen LogP contribution >= 0.6 is 0 Å². The van der Waals surface area contributed by atoms with Gasteiger partial charge in [0.1, 0.15) is 11.9 Å². The number of hydrogen-bond donors (Lipinski definition) is 1. The number of aliphatic hydroxyl groups is 1. The first-order chi connectivity index (χ1) is 4.02. The van der Waals surface area contributed by atoms with Crippen LogP contribution in [0.1, 0.15) is 0 Å².